The van der Waals surface area contributed by atoms with Crippen molar-refractivity contribution >= 4 is 15.7 Å². The molecule has 0 spiro atoms. The molecule has 0 amide bonds. The van der Waals surface area contributed by atoms with Gasteiger partial charge in [-0.3, -0.25) is 4.72 Å². The number of aromatic hydroxyl groups is 1. The highest BCUT2D eigenvalue weighted by Gasteiger charge is 2.13. The maximum absolute atomic E-state index is 11.4. The second-order valence-corrected chi connectivity index (χ2v) is 9.45. The molecule has 3 aromatic carbocycles. The fraction of sp³-hybridized carbons (Fsp3) is 0.280. The molecule has 0 aliphatic carbocycles. The number of nitrogens with one attached hydrogen (secondary N) is 2. The van der Waals surface area contributed by atoms with Crippen LogP contribution in [0.4, 0.5) is 5.69 Å². The summed E-state index contributed by atoms with van der Waals surface area (Å²) in [5.74, 6) is 1.36. The predicted octanol–water partition coefficient (Wildman–Crippen LogP) is 3.53. The van der Waals surface area contributed by atoms with Crippen molar-refractivity contribution in [1.82, 2.24) is 5.32 Å². The molecule has 0 saturated heterocycles. The quantitative estimate of drug-likeness (QED) is 0.229. The van der Waals surface area contributed by atoms with Crippen molar-refractivity contribution in [2.45, 2.75) is 13.0 Å². The van der Waals surface area contributed by atoms with Crippen LogP contribution in [0.3, 0.4) is 0 Å². The predicted molar refractivity (Wildman–Crippen MR) is 133 cm³/mol. The lowest BCUT2D eigenvalue weighted by Gasteiger charge is -2.15. The van der Waals surface area contributed by atoms with Crippen LogP contribution in [0.15, 0.2) is 66.7 Å². The number of sulfonamides is 1. The fourth-order valence-corrected chi connectivity index (χ4v) is 3.88. The molecule has 0 bridgehead atoms. The van der Waals surface area contributed by atoms with Crippen LogP contribution < -0.4 is 19.5 Å². The normalized spacial score (nSPS) is 12.2. The zero-order valence-electron chi connectivity index (χ0n) is 19.2. The highest BCUT2D eigenvalue weighted by atomic mass is 32.2. The van der Waals surface area contributed by atoms with Gasteiger partial charge >= 0.3 is 0 Å². The van der Waals surface area contributed by atoms with Gasteiger partial charge < -0.3 is 25.0 Å². The smallest absolute Gasteiger partial charge is 0.229 e. The number of anilines is 1. The number of aliphatic hydroxyl groups is 1. The molecule has 0 heterocycles. The average Bonchev–Trinajstić information content (AvgIpc) is 2.80. The minimum atomic E-state index is -3.55. The summed E-state index contributed by atoms with van der Waals surface area (Å²) in [5.41, 5.74) is 2.63. The Morgan fingerprint density at radius 3 is 2.41 bits per heavy atom. The first kappa shape index (κ1) is 25.4. The van der Waals surface area contributed by atoms with Crippen molar-refractivity contribution in [2.24, 2.45) is 0 Å². The van der Waals surface area contributed by atoms with E-state index < -0.39 is 16.1 Å². The van der Waals surface area contributed by atoms with Crippen LogP contribution in [0.25, 0.3) is 11.1 Å². The standard InChI is InChI=1S/C25H30N2O6S/c1-3-32-22-6-4-5-19(15-22)18-7-10-21(11-8-18)33-14-13-26-17-25(29)20-9-12-24(28)23(16-20)27-34(2,30)31/h4-12,15-16,25-29H,3,13-14,17H2,1-2H3. The molecular formula is C25H30N2O6S. The second-order valence-electron chi connectivity index (χ2n) is 7.70. The molecule has 3 rings (SSSR count). The first-order valence-corrected chi connectivity index (χ1v) is 12.8. The zero-order valence-corrected chi connectivity index (χ0v) is 20.0. The lowest BCUT2D eigenvalue weighted by molar-refractivity contribution is 0.172. The Labute approximate surface area is 200 Å². The molecule has 3 aromatic rings. The van der Waals surface area contributed by atoms with E-state index in [9.17, 15) is 18.6 Å². The highest BCUT2D eigenvalue weighted by Crippen LogP contribution is 2.28. The van der Waals surface area contributed by atoms with E-state index in [1.807, 2.05) is 55.5 Å². The van der Waals surface area contributed by atoms with Crippen molar-refractivity contribution in [2.75, 3.05) is 37.3 Å². The number of hydrogen-bond acceptors (Lipinski definition) is 7. The lowest BCUT2D eigenvalue weighted by Crippen LogP contribution is -2.26. The van der Waals surface area contributed by atoms with Crippen LogP contribution in [0.2, 0.25) is 0 Å². The first-order chi connectivity index (χ1) is 16.2. The third-order valence-electron chi connectivity index (χ3n) is 4.92. The summed E-state index contributed by atoms with van der Waals surface area (Å²) in [4.78, 5) is 0. The Hall–Kier alpha value is -3.27. The van der Waals surface area contributed by atoms with Gasteiger partial charge in [-0.05, 0) is 60.0 Å². The number of phenols is 1. The Kier molecular flexibility index (Phi) is 8.75. The number of ether oxygens (including phenoxy) is 2. The molecule has 0 aromatic heterocycles. The van der Waals surface area contributed by atoms with E-state index in [-0.39, 0.29) is 18.0 Å². The number of phenolic OH excluding ortho intramolecular Hbond substituents is 1. The van der Waals surface area contributed by atoms with E-state index in [1.54, 1.807) is 0 Å². The van der Waals surface area contributed by atoms with E-state index in [2.05, 4.69) is 10.0 Å². The molecule has 0 aliphatic rings. The van der Waals surface area contributed by atoms with E-state index in [0.717, 1.165) is 28.9 Å². The van der Waals surface area contributed by atoms with Crippen molar-refractivity contribution in [3.8, 4) is 28.4 Å². The Balaban J connectivity index is 1.45. The molecule has 0 radical (unpaired) electrons. The maximum Gasteiger partial charge on any atom is 0.229 e. The molecule has 182 valence electrons. The van der Waals surface area contributed by atoms with Gasteiger partial charge in [0.2, 0.25) is 10.0 Å². The lowest BCUT2D eigenvalue weighted by atomic mass is 10.1. The van der Waals surface area contributed by atoms with Crippen LogP contribution >= 0.6 is 0 Å². The summed E-state index contributed by atoms with van der Waals surface area (Å²) < 4.78 is 36.4. The van der Waals surface area contributed by atoms with Gasteiger partial charge in [0.15, 0.2) is 0 Å². The number of hydrogen-bond donors (Lipinski definition) is 4. The van der Waals surface area contributed by atoms with E-state index >= 15 is 0 Å². The summed E-state index contributed by atoms with van der Waals surface area (Å²) in [6.45, 7) is 3.72. The number of rotatable bonds is 12. The van der Waals surface area contributed by atoms with Crippen LogP contribution in [-0.2, 0) is 10.0 Å². The van der Waals surface area contributed by atoms with Crippen molar-refractivity contribution in [3.63, 3.8) is 0 Å². The molecule has 0 aliphatic heterocycles. The van der Waals surface area contributed by atoms with Gasteiger partial charge in [0.25, 0.3) is 0 Å². The fourth-order valence-electron chi connectivity index (χ4n) is 3.32. The third-order valence-corrected chi connectivity index (χ3v) is 5.51. The molecule has 1 atom stereocenters. The average molecular weight is 487 g/mol. The van der Waals surface area contributed by atoms with Gasteiger partial charge in [0, 0.05) is 13.1 Å². The van der Waals surface area contributed by atoms with Crippen LogP contribution in [0.1, 0.15) is 18.6 Å². The van der Waals surface area contributed by atoms with Crippen LogP contribution in [0.5, 0.6) is 17.2 Å². The van der Waals surface area contributed by atoms with E-state index in [1.165, 1.54) is 18.2 Å². The van der Waals surface area contributed by atoms with Crippen molar-refractivity contribution in [3.05, 3.63) is 72.3 Å². The SMILES string of the molecule is CCOc1cccc(-c2ccc(OCCNCC(O)c3ccc(O)c(NS(C)(=O)=O)c3)cc2)c1. The Morgan fingerprint density at radius 1 is 0.941 bits per heavy atom. The zero-order chi connectivity index (χ0) is 24.6. The first-order valence-electron chi connectivity index (χ1n) is 10.9. The molecule has 8 nitrogen and oxygen atoms in total. The summed E-state index contributed by atoms with van der Waals surface area (Å²) in [5, 5.41) is 23.3. The summed E-state index contributed by atoms with van der Waals surface area (Å²) in [7, 11) is -3.55. The van der Waals surface area contributed by atoms with Crippen LogP contribution in [-0.4, -0.2) is 51.2 Å². The van der Waals surface area contributed by atoms with Gasteiger partial charge in [-0.15, -0.1) is 0 Å². The molecule has 4 N–H and O–H groups in total. The summed E-state index contributed by atoms with van der Waals surface area (Å²) in [6.07, 6.45) is 0.109. The van der Waals surface area contributed by atoms with Gasteiger partial charge in [0.05, 0.1) is 24.7 Å². The summed E-state index contributed by atoms with van der Waals surface area (Å²) >= 11 is 0. The molecule has 9 heteroatoms. The van der Waals surface area contributed by atoms with Gasteiger partial charge in [-0.1, -0.05) is 30.3 Å². The second kappa shape index (κ2) is 11.7. The topological polar surface area (TPSA) is 117 Å². The minimum Gasteiger partial charge on any atom is -0.506 e. The maximum atomic E-state index is 11.4. The van der Waals surface area contributed by atoms with E-state index in [4.69, 9.17) is 9.47 Å². The largest absolute Gasteiger partial charge is 0.506 e. The third kappa shape index (κ3) is 7.65. The number of aliphatic hydroxyl groups excluding tert-OH is 1. The molecule has 0 fully saturated rings. The van der Waals surface area contributed by atoms with E-state index in [0.29, 0.717) is 25.3 Å². The van der Waals surface area contributed by atoms with Crippen molar-refractivity contribution in [1.29, 1.82) is 0 Å². The van der Waals surface area contributed by atoms with Gasteiger partial charge in [-0.2, -0.15) is 0 Å². The molecule has 0 saturated carbocycles. The Morgan fingerprint density at radius 2 is 1.71 bits per heavy atom. The Bertz CT molecular complexity index is 1180. The number of benzene rings is 3. The van der Waals surface area contributed by atoms with Crippen LogP contribution in [0, 0.1) is 0 Å². The van der Waals surface area contributed by atoms with Crippen molar-refractivity contribution < 1.29 is 28.1 Å². The molecular weight excluding hydrogens is 456 g/mol. The van der Waals surface area contributed by atoms with Gasteiger partial charge in [0.1, 0.15) is 23.9 Å². The monoisotopic (exact) mass is 486 g/mol. The molecule has 34 heavy (non-hydrogen) atoms. The highest BCUT2D eigenvalue weighted by molar-refractivity contribution is 7.92. The molecule has 1 unspecified atom stereocenters. The van der Waals surface area contributed by atoms with Gasteiger partial charge in [-0.25, -0.2) is 8.42 Å². The minimum absolute atomic E-state index is 0.0236. The summed E-state index contributed by atoms with van der Waals surface area (Å²) in [6, 6.07) is 20.0.